The van der Waals surface area contributed by atoms with Crippen molar-refractivity contribution in [3.05, 3.63) is 36.0 Å². The maximum absolute atomic E-state index is 5.33. The predicted molar refractivity (Wildman–Crippen MR) is 83.4 cm³/mol. The first-order valence-electron chi connectivity index (χ1n) is 7.57. The van der Waals surface area contributed by atoms with Crippen molar-refractivity contribution in [2.24, 2.45) is 5.92 Å². The highest BCUT2D eigenvalue weighted by atomic mass is 16.3. The fourth-order valence-electron chi connectivity index (χ4n) is 2.79. The Morgan fingerprint density at radius 1 is 1.43 bits per heavy atom. The van der Waals surface area contributed by atoms with E-state index in [0.29, 0.717) is 6.54 Å². The molecule has 2 aromatic rings. The molecule has 1 saturated heterocycles. The van der Waals surface area contributed by atoms with E-state index in [4.69, 9.17) is 4.42 Å². The molecule has 0 bridgehead atoms. The molecular formula is C16H22N4O. The van der Waals surface area contributed by atoms with Crippen LogP contribution in [0.3, 0.4) is 0 Å². The van der Waals surface area contributed by atoms with Gasteiger partial charge in [0.1, 0.15) is 23.2 Å². The van der Waals surface area contributed by atoms with Gasteiger partial charge in [-0.05, 0) is 37.8 Å². The molecule has 0 amide bonds. The first-order valence-corrected chi connectivity index (χ1v) is 7.57. The number of furan rings is 1. The van der Waals surface area contributed by atoms with Gasteiger partial charge in [-0.1, -0.05) is 6.92 Å². The number of nitrogens with one attached hydrogen (secondary N) is 1. The summed E-state index contributed by atoms with van der Waals surface area (Å²) in [4.78, 5) is 11.4. The third-order valence-corrected chi connectivity index (χ3v) is 3.83. The summed E-state index contributed by atoms with van der Waals surface area (Å²) in [6.07, 6.45) is 4.23. The minimum absolute atomic E-state index is 0.638. The van der Waals surface area contributed by atoms with Gasteiger partial charge in [0.25, 0.3) is 0 Å². The third kappa shape index (κ3) is 3.54. The zero-order valence-electron chi connectivity index (χ0n) is 12.7. The van der Waals surface area contributed by atoms with Gasteiger partial charge in [-0.2, -0.15) is 0 Å². The van der Waals surface area contributed by atoms with E-state index >= 15 is 0 Å². The number of hydrogen-bond acceptors (Lipinski definition) is 5. The van der Waals surface area contributed by atoms with E-state index in [0.717, 1.165) is 42.2 Å². The number of aromatic nitrogens is 2. The molecule has 3 rings (SSSR count). The number of aryl methyl sites for hydroxylation is 1. The minimum atomic E-state index is 0.638. The number of hydrogen-bond donors (Lipinski definition) is 1. The lowest BCUT2D eigenvalue weighted by Gasteiger charge is -2.32. The largest absolute Gasteiger partial charge is 0.467 e. The van der Waals surface area contributed by atoms with Crippen LogP contribution in [-0.4, -0.2) is 23.1 Å². The van der Waals surface area contributed by atoms with Crippen LogP contribution in [0.1, 0.15) is 31.4 Å². The summed E-state index contributed by atoms with van der Waals surface area (Å²) >= 11 is 0. The highest BCUT2D eigenvalue weighted by Crippen LogP contribution is 2.23. The maximum atomic E-state index is 5.33. The van der Waals surface area contributed by atoms with Gasteiger partial charge in [-0.3, -0.25) is 0 Å². The fraction of sp³-hybridized carbons (Fsp3) is 0.500. The first kappa shape index (κ1) is 13.9. The second kappa shape index (κ2) is 6.16. The smallest absolute Gasteiger partial charge is 0.134 e. The van der Waals surface area contributed by atoms with Crippen molar-refractivity contribution in [3.63, 3.8) is 0 Å². The van der Waals surface area contributed by atoms with Crippen LogP contribution >= 0.6 is 0 Å². The normalized spacial score (nSPS) is 18.8. The lowest BCUT2D eigenvalue weighted by Crippen LogP contribution is -2.35. The SMILES string of the molecule is Cc1nc(NCc2ccco2)cc(N2CCCC(C)C2)n1. The van der Waals surface area contributed by atoms with Crippen LogP contribution in [0.15, 0.2) is 28.9 Å². The summed E-state index contributed by atoms with van der Waals surface area (Å²) < 4.78 is 5.33. The quantitative estimate of drug-likeness (QED) is 0.935. The summed E-state index contributed by atoms with van der Waals surface area (Å²) in [6, 6.07) is 5.88. The Hall–Kier alpha value is -2.04. The highest BCUT2D eigenvalue weighted by molar-refractivity contribution is 5.49. The van der Waals surface area contributed by atoms with Crippen molar-refractivity contribution in [1.82, 2.24) is 9.97 Å². The van der Waals surface area contributed by atoms with Crippen molar-refractivity contribution in [2.45, 2.75) is 33.2 Å². The zero-order valence-corrected chi connectivity index (χ0v) is 12.7. The molecule has 3 heterocycles. The number of rotatable bonds is 4. The van der Waals surface area contributed by atoms with E-state index in [-0.39, 0.29) is 0 Å². The van der Waals surface area contributed by atoms with Gasteiger partial charge in [0.15, 0.2) is 0 Å². The number of nitrogens with zero attached hydrogens (tertiary/aromatic N) is 3. The zero-order chi connectivity index (χ0) is 14.7. The van der Waals surface area contributed by atoms with E-state index in [1.807, 2.05) is 25.1 Å². The van der Waals surface area contributed by atoms with Crippen molar-refractivity contribution in [3.8, 4) is 0 Å². The summed E-state index contributed by atoms with van der Waals surface area (Å²) in [6.45, 7) is 7.04. The molecule has 1 atom stereocenters. The second-order valence-electron chi connectivity index (χ2n) is 5.78. The Labute approximate surface area is 125 Å². The fourth-order valence-corrected chi connectivity index (χ4v) is 2.79. The maximum Gasteiger partial charge on any atom is 0.134 e. The molecule has 0 aliphatic carbocycles. The van der Waals surface area contributed by atoms with E-state index < -0.39 is 0 Å². The van der Waals surface area contributed by atoms with Gasteiger partial charge >= 0.3 is 0 Å². The lowest BCUT2D eigenvalue weighted by atomic mass is 10.0. The Balaban J connectivity index is 1.72. The van der Waals surface area contributed by atoms with Gasteiger partial charge in [-0.25, -0.2) is 9.97 Å². The van der Waals surface area contributed by atoms with Gasteiger partial charge in [0.05, 0.1) is 12.8 Å². The van der Waals surface area contributed by atoms with Crippen molar-refractivity contribution < 1.29 is 4.42 Å². The molecule has 5 nitrogen and oxygen atoms in total. The lowest BCUT2D eigenvalue weighted by molar-refractivity contribution is 0.444. The molecule has 0 spiro atoms. The Bertz CT molecular complexity index is 582. The third-order valence-electron chi connectivity index (χ3n) is 3.83. The summed E-state index contributed by atoms with van der Waals surface area (Å²) in [5.41, 5.74) is 0. The van der Waals surface area contributed by atoms with E-state index in [1.165, 1.54) is 12.8 Å². The Morgan fingerprint density at radius 3 is 3.10 bits per heavy atom. The predicted octanol–water partition coefficient (Wildman–Crippen LogP) is 3.23. The molecule has 1 fully saturated rings. The standard InChI is InChI=1S/C16H22N4O/c1-12-5-3-7-20(11-12)16-9-15(18-13(2)19-16)17-10-14-6-4-8-21-14/h4,6,8-9,12H,3,5,7,10-11H2,1-2H3,(H,17,18,19). The molecule has 1 N–H and O–H groups in total. The van der Waals surface area contributed by atoms with Gasteiger partial charge in [0, 0.05) is 19.2 Å². The first-order chi connectivity index (χ1) is 10.2. The summed E-state index contributed by atoms with van der Waals surface area (Å²) in [5, 5.41) is 3.31. The summed E-state index contributed by atoms with van der Waals surface area (Å²) in [7, 11) is 0. The van der Waals surface area contributed by atoms with Crippen molar-refractivity contribution >= 4 is 11.6 Å². The van der Waals surface area contributed by atoms with Crippen LogP contribution in [0.2, 0.25) is 0 Å². The molecule has 1 unspecified atom stereocenters. The second-order valence-corrected chi connectivity index (χ2v) is 5.78. The van der Waals surface area contributed by atoms with Crippen LogP contribution in [0, 0.1) is 12.8 Å². The molecule has 0 saturated carbocycles. The molecule has 2 aromatic heterocycles. The molecule has 1 aliphatic heterocycles. The molecule has 0 aromatic carbocycles. The molecular weight excluding hydrogens is 264 g/mol. The van der Waals surface area contributed by atoms with E-state index in [1.54, 1.807) is 6.26 Å². The molecule has 1 aliphatic rings. The summed E-state index contributed by atoms with van der Waals surface area (Å²) in [5.74, 6) is 4.31. The van der Waals surface area contributed by atoms with E-state index in [2.05, 4.69) is 27.1 Å². The molecule has 0 radical (unpaired) electrons. The van der Waals surface area contributed by atoms with Gasteiger partial charge < -0.3 is 14.6 Å². The van der Waals surface area contributed by atoms with Crippen LogP contribution in [0.5, 0.6) is 0 Å². The highest BCUT2D eigenvalue weighted by Gasteiger charge is 2.18. The average molecular weight is 286 g/mol. The topological polar surface area (TPSA) is 54.2 Å². The minimum Gasteiger partial charge on any atom is -0.467 e. The Kier molecular flexibility index (Phi) is 4.08. The number of anilines is 2. The van der Waals surface area contributed by atoms with Gasteiger partial charge in [-0.15, -0.1) is 0 Å². The number of piperidine rings is 1. The molecule has 21 heavy (non-hydrogen) atoms. The average Bonchev–Trinajstić information content (AvgIpc) is 2.98. The monoisotopic (exact) mass is 286 g/mol. The van der Waals surface area contributed by atoms with Crippen molar-refractivity contribution in [2.75, 3.05) is 23.3 Å². The van der Waals surface area contributed by atoms with Crippen LogP contribution in [0.4, 0.5) is 11.6 Å². The Morgan fingerprint density at radius 2 is 2.33 bits per heavy atom. The molecule has 112 valence electrons. The van der Waals surface area contributed by atoms with E-state index in [9.17, 15) is 0 Å². The van der Waals surface area contributed by atoms with Crippen molar-refractivity contribution in [1.29, 1.82) is 0 Å². The molecule has 5 heteroatoms. The van der Waals surface area contributed by atoms with Crippen LogP contribution < -0.4 is 10.2 Å². The van der Waals surface area contributed by atoms with Crippen LogP contribution in [-0.2, 0) is 6.54 Å². The van der Waals surface area contributed by atoms with Crippen LogP contribution in [0.25, 0.3) is 0 Å². The van der Waals surface area contributed by atoms with Gasteiger partial charge in [0.2, 0.25) is 0 Å².